The van der Waals surface area contributed by atoms with Crippen molar-refractivity contribution in [3.05, 3.63) is 28.2 Å². The van der Waals surface area contributed by atoms with Gasteiger partial charge in [-0.15, -0.1) is 0 Å². The van der Waals surface area contributed by atoms with Crippen molar-refractivity contribution in [3.8, 4) is 5.75 Å². The van der Waals surface area contributed by atoms with E-state index in [9.17, 15) is 9.90 Å². The van der Waals surface area contributed by atoms with E-state index in [4.69, 9.17) is 5.73 Å². The maximum absolute atomic E-state index is 10.7. The van der Waals surface area contributed by atoms with Crippen molar-refractivity contribution in [1.29, 1.82) is 0 Å². The molecule has 1 aromatic carbocycles. The smallest absolute Gasteiger partial charge is 0.231 e. The molecule has 0 aliphatic carbocycles. The fraction of sp³-hybridized carbons (Fsp3) is 0.300. The van der Waals surface area contributed by atoms with Crippen LogP contribution in [0.5, 0.6) is 5.75 Å². The van der Waals surface area contributed by atoms with E-state index in [-0.39, 0.29) is 18.2 Å². The van der Waals surface area contributed by atoms with Crippen LogP contribution in [0.3, 0.4) is 0 Å². The Labute approximate surface area is 96.8 Å². The Morgan fingerprint density at radius 3 is 2.87 bits per heavy atom. The number of nitrogens with two attached hydrogens (primary N) is 1. The van der Waals surface area contributed by atoms with Gasteiger partial charge in [-0.2, -0.15) is 0 Å². The molecule has 0 spiro atoms. The largest absolute Gasteiger partial charge is 0.508 e. The summed E-state index contributed by atoms with van der Waals surface area (Å²) in [7, 11) is 1.79. The highest BCUT2D eigenvalue weighted by Gasteiger charge is 2.07. The van der Waals surface area contributed by atoms with E-state index in [1.807, 2.05) is 0 Å². The Balaban J connectivity index is 2.71. The first kappa shape index (κ1) is 12.0. The number of nitrogens with zero attached hydrogens (tertiary/aromatic N) is 1. The van der Waals surface area contributed by atoms with Crippen molar-refractivity contribution in [2.45, 2.75) is 6.54 Å². The maximum Gasteiger partial charge on any atom is 0.231 e. The molecule has 82 valence electrons. The van der Waals surface area contributed by atoms with Gasteiger partial charge in [0.2, 0.25) is 5.91 Å². The minimum Gasteiger partial charge on any atom is -0.508 e. The SMILES string of the molecule is CN(CC(N)=O)Cc1cc(O)ccc1Br. The Kier molecular flexibility index (Phi) is 4.11. The van der Waals surface area contributed by atoms with Gasteiger partial charge in [-0.05, 0) is 30.8 Å². The summed E-state index contributed by atoms with van der Waals surface area (Å²) >= 11 is 3.37. The molecule has 0 unspecified atom stereocenters. The predicted molar refractivity (Wildman–Crippen MR) is 61.3 cm³/mol. The highest BCUT2D eigenvalue weighted by molar-refractivity contribution is 9.10. The first-order chi connectivity index (χ1) is 6.99. The van der Waals surface area contributed by atoms with Gasteiger partial charge >= 0.3 is 0 Å². The topological polar surface area (TPSA) is 66.6 Å². The van der Waals surface area contributed by atoms with Crippen molar-refractivity contribution in [2.75, 3.05) is 13.6 Å². The van der Waals surface area contributed by atoms with Crippen molar-refractivity contribution < 1.29 is 9.90 Å². The van der Waals surface area contributed by atoms with Crippen LogP contribution in [-0.2, 0) is 11.3 Å². The van der Waals surface area contributed by atoms with Gasteiger partial charge in [-0.3, -0.25) is 9.69 Å². The Bertz CT molecular complexity index is 368. The number of carbonyl (C=O) groups is 1. The first-order valence-electron chi connectivity index (χ1n) is 4.43. The number of hydrogen-bond acceptors (Lipinski definition) is 3. The van der Waals surface area contributed by atoms with Crippen LogP contribution in [-0.4, -0.2) is 29.5 Å². The molecule has 0 atom stereocenters. The second-order valence-corrected chi connectivity index (χ2v) is 4.27. The van der Waals surface area contributed by atoms with Crippen molar-refractivity contribution in [3.63, 3.8) is 0 Å². The zero-order chi connectivity index (χ0) is 11.4. The Morgan fingerprint density at radius 2 is 2.27 bits per heavy atom. The first-order valence-corrected chi connectivity index (χ1v) is 5.22. The molecule has 0 saturated carbocycles. The van der Waals surface area contributed by atoms with Gasteiger partial charge in [-0.1, -0.05) is 15.9 Å². The van der Waals surface area contributed by atoms with Crippen molar-refractivity contribution in [2.24, 2.45) is 5.73 Å². The fourth-order valence-corrected chi connectivity index (χ4v) is 1.67. The maximum atomic E-state index is 10.7. The number of primary amides is 1. The molecule has 0 bridgehead atoms. The molecule has 0 aliphatic rings. The Morgan fingerprint density at radius 1 is 1.60 bits per heavy atom. The lowest BCUT2D eigenvalue weighted by atomic mass is 10.2. The summed E-state index contributed by atoms with van der Waals surface area (Å²) in [5.74, 6) is -0.158. The molecule has 4 nitrogen and oxygen atoms in total. The number of likely N-dealkylation sites (N-methyl/N-ethyl adjacent to an activating group) is 1. The van der Waals surface area contributed by atoms with E-state index in [1.54, 1.807) is 30.1 Å². The minimum atomic E-state index is -0.367. The molecular weight excluding hydrogens is 260 g/mol. The van der Waals surface area contributed by atoms with Crippen LogP contribution >= 0.6 is 15.9 Å². The second kappa shape index (κ2) is 5.14. The van der Waals surface area contributed by atoms with E-state index in [0.717, 1.165) is 10.0 Å². The number of amides is 1. The molecule has 0 aliphatic heterocycles. The molecule has 0 saturated heterocycles. The lowest BCUT2D eigenvalue weighted by Crippen LogP contribution is -2.30. The number of carbonyl (C=O) groups excluding carboxylic acids is 1. The average Bonchev–Trinajstić information content (AvgIpc) is 2.10. The number of phenolic OH excluding ortho intramolecular Hbond substituents is 1. The van der Waals surface area contributed by atoms with Crippen LogP contribution in [0.1, 0.15) is 5.56 Å². The van der Waals surface area contributed by atoms with Crippen LogP contribution < -0.4 is 5.73 Å². The molecular formula is C10H13BrN2O2. The van der Waals surface area contributed by atoms with E-state index >= 15 is 0 Å². The van der Waals surface area contributed by atoms with Gasteiger partial charge in [0.25, 0.3) is 0 Å². The summed E-state index contributed by atoms with van der Waals surface area (Å²) in [5, 5.41) is 9.30. The van der Waals surface area contributed by atoms with E-state index in [0.29, 0.717) is 6.54 Å². The molecule has 0 radical (unpaired) electrons. The number of rotatable bonds is 4. The molecule has 5 heteroatoms. The molecule has 1 rings (SSSR count). The van der Waals surface area contributed by atoms with Crippen LogP contribution in [0.4, 0.5) is 0 Å². The summed E-state index contributed by atoms with van der Waals surface area (Å²) in [5.41, 5.74) is 5.99. The molecule has 1 amide bonds. The van der Waals surface area contributed by atoms with Gasteiger partial charge in [-0.25, -0.2) is 0 Å². The summed E-state index contributed by atoms with van der Waals surface area (Å²) in [6.07, 6.45) is 0. The van der Waals surface area contributed by atoms with Crippen LogP contribution in [0.15, 0.2) is 22.7 Å². The number of aromatic hydroxyl groups is 1. The van der Waals surface area contributed by atoms with Gasteiger partial charge < -0.3 is 10.8 Å². The number of hydrogen-bond donors (Lipinski definition) is 2. The quantitative estimate of drug-likeness (QED) is 0.862. The molecule has 1 aromatic rings. The summed E-state index contributed by atoms with van der Waals surface area (Å²) in [6.45, 7) is 0.750. The third-order valence-electron chi connectivity index (χ3n) is 1.90. The van der Waals surface area contributed by atoms with Crippen molar-refractivity contribution >= 4 is 21.8 Å². The Hall–Kier alpha value is -1.07. The normalized spacial score (nSPS) is 10.6. The number of benzene rings is 1. The lowest BCUT2D eigenvalue weighted by molar-refractivity contribution is -0.118. The zero-order valence-electron chi connectivity index (χ0n) is 8.40. The van der Waals surface area contributed by atoms with Gasteiger partial charge in [0.15, 0.2) is 0 Å². The zero-order valence-corrected chi connectivity index (χ0v) is 9.99. The van der Waals surface area contributed by atoms with E-state index < -0.39 is 0 Å². The van der Waals surface area contributed by atoms with Crippen LogP contribution in [0.25, 0.3) is 0 Å². The van der Waals surface area contributed by atoms with Crippen molar-refractivity contribution in [1.82, 2.24) is 4.90 Å². The second-order valence-electron chi connectivity index (χ2n) is 3.41. The fourth-order valence-electron chi connectivity index (χ4n) is 1.30. The van der Waals surface area contributed by atoms with E-state index in [1.165, 1.54) is 0 Å². The molecule has 3 N–H and O–H groups in total. The highest BCUT2D eigenvalue weighted by atomic mass is 79.9. The summed E-state index contributed by atoms with van der Waals surface area (Å²) in [6, 6.07) is 5.02. The monoisotopic (exact) mass is 272 g/mol. The third kappa shape index (κ3) is 3.89. The third-order valence-corrected chi connectivity index (χ3v) is 2.67. The highest BCUT2D eigenvalue weighted by Crippen LogP contribution is 2.22. The van der Waals surface area contributed by atoms with Crippen LogP contribution in [0.2, 0.25) is 0 Å². The van der Waals surface area contributed by atoms with E-state index in [2.05, 4.69) is 15.9 Å². The van der Waals surface area contributed by atoms with Gasteiger partial charge in [0.05, 0.1) is 6.54 Å². The average molecular weight is 273 g/mol. The van der Waals surface area contributed by atoms with Gasteiger partial charge in [0, 0.05) is 11.0 Å². The lowest BCUT2D eigenvalue weighted by Gasteiger charge is -2.15. The minimum absolute atomic E-state index is 0.197. The summed E-state index contributed by atoms with van der Waals surface area (Å²) in [4.78, 5) is 12.5. The number of phenols is 1. The van der Waals surface area contributed by atoms with Crippen LogP contribution in [0, 0.1) is 0 Å². The molecule has 0 heterocycles. The predicted octanol–water partition coefficient (Wildman–Crippen LogP) is 1.07. The molecule has 0 aromatic heterocycles. The summed E-state index contributed by atoms with van der Waals surface area (Å²) < 4.78 is 0.900. The number of halogens is 1. The molecule has 15 heavy (non-hydrogen) atoms. The standard InChI is InChI=1S/C10H13BrN2O2/c1-13(6-10(12)15)5-7-4-8(14)2-3-9(7)11/h2-4,14H,5-6H2,1H3,(H2,12,15). The molecule has 0 fully saturated rings. The van der Waals surface area contributed by atoms with Gasteiger partial charge in [0.1, 0.15) is 5.75 Å².